The first-order chi connectivity index (χ1) is 7.31. The molecule has 0 fully saturated rings. The number of aromatic amines is 1. The van der Waals surface area contributed by atoms with Crippen molar-refractivity contribution in [2.75, 3.05) is 0 Å². The molecular formula is C11H16N4. The van der Waals surface area contributed by atoms with Crippen molar-refractivity contribution in [2.45, 2.75) is 39.5 Å². The number of aromatic nitrogens is 4. The van der Waals surface area contributed by atoms with Gasteiger partial charge in [-0.3, -0.25) is 5.10 Å². The van der Waals surface area contributed by atoms with Crippen molar-refractivity contribution in [1.29, 1.82) is 0 Å². The number of aryl methyl sites for hydroxylation is 2. The molecule has 1 N–H and O–H groups in total. The Hall–Kier alpha value is -1.45. The standard InChI is InChI=1S/C11H16N4/c1-3-4-5-6-10-13-8(2)9-7-12-15-11(9)14-10/h7H,3-6H2,1-2H3,(H,12,13,14,15). The predicted octanol–water partition coefficient (Wildman–Crippen LogP) is 2.39. The van der Waals surface area contributed by atoms with Crippen LogP contribution in [-0.4, -0.2) is 20.2 Å². The molecule has 4 nitrogen and oxygen atoms in total. The number of nitrogens with zero attached hydrogens (tertiary/aromatic N) is 3. The average Bonchev–Trinajstić information content (AvgIpc) is 2.66. The maximum atomic E-state index is 4.47. The second kappa shape index (κ2) is 4.38. The molecule has 0 saturated heterocycles. The van der Waals surface area contributed by atoms with E-state index in [0.717, 1.165) is 35.4 Å². The molecule has 0 bridgehead atoms. The fourth-order valence-corrected chi connectivity index (χ4v) is 1.68. The summed E-state index contributed by atoms with van der Waals surface area (Å²) in [5, 5.41) is 7.88. The van der Waals surface area contributed by atoms with E-state index >= 15 is 0 Å². The van der Waals surface area contributed by atoms with Crippen LogP contribution in [-0.2, 0) is 6.42 Å². The Morgan fingerprint density at radius 2 is 2.13 bits per heavy atom. The first kappa shape index (κ1) is 10.1. The van der Waals surface area contributed by atoms with Gasteiger partial charge in [0.15, 0.2) is 5.65 Å². The third kappa shape index (κ3) is 2.14. The highest BCUT2D eigenvalue weighted by molar-refractivity contribution is 5.75. The number of nitrogens with one attached hydrogen (secondary N) is 1. The Balaban J connectivity index is 2.21. The van der Waals surface area contributed by atoms with Crippen molar-refractivity contribution in [3.05, 3.63) is 17.7 Å². The molecule has 2 heterocycles. The average molecular weight is 204 g/mol. The zero-order valence-electron chi connectivity index (χ0n) is 9.25. The molecule has 0 saturated carbocycles. The molecule has 0 aliphatic rings. The van der Waals surface area contributed by atoms with Crippen LogP contribution in [0.2, 0.25) is 0 Å². The van der Waals surface area contributed by atoms with Crippen LogP contribution in [0.4, 0.5) is 0 Å². The number of H-pyrrole nitrogens is 1. The first-order valence-electron chi connectivity index (χ1n) is 5.48. The molecule has 0 radical (unpaired) electrons. The van der Waals surface area contributed by atoms with Crippen LogP contribution in [0.5, 0.6) is 0 Å². The van der Waals surface area contributed by atoms with Crippen LogP contribution in [0.1, 0.15) is 37.7 Å². The lowest BCUT2D eigenvalue weighted by Gasteiger charge is -2.01. The maximum Gasteiger partial charge on any atom is 0.159 e. The minimum absolute atomic E-state index is 0.856. The smallest absolute Gasteiger partial charge is 0.159 e. The number of unbranched alkanes of at least 4 members (excludes halogenated alkanes) is 2. The quantitative estimate of drug-likeness (QED) is 0.778. The SMILES string of the molecule is CCCCCc1nc(C)c2cn[nH]c2n1. The summed E-state index contributed by atoms with van der Waals surface area (Å²) in [5.41, 5.74) is 1.87. The van der Waals surface area contributed by atoms with Gasteiger partial charge >= 0.3 is 0 Å². The van der Waals surface area contributed by atoms with E-state index in [1.54, 1.807) is 6.20 Å². The lowest BCUT2D eigenvalue weighted by molar-refractivity contribution is 0.694. The summed E-state index contributed by atoms with van der Waals surface area (Å²) in [6.07, 6.45) is 6.37. The van der Waals surface area contributed by atoms with Gasteiger partial charge in [-0.2, -0.15) is 5.10 Å². The zero-order chi connectivity index (χ0) is 10.7. The molecule has 15 heavy (non-hydrogen) atoms. The van der Waals surface area contributed by atoms with Gasteiger partial charge in [0.25, 0.3) is 0 Å². The summed E-state index contributed by atoms with van der Waals surface area (Å²) in [7, 11) is 0. The van der Waals surface area contributed by atoms with Gasteiger partial charge in [-0.15, -0.1) is 0 Å². The monoisotopic (exact) mass is 204 g/mol. The van der Waals surface area contributed by atoms with Gasteiger partial charge in [0.05, 0.1) is 17.3 Å². The summed E-state index contributed by atoms with van der Waals surface area (Å²) in [6.45, 7) is 4.20. The Bertz CT molecular complexity index is 447. The molecule has 0 amide bonds. The molecular weight excluding hydrogens is 188 g/mol. The van der Waals surface area contributed by atoms with E-state index in [-0.39, 0.29) is 0 Å². The van der Waals surface area contributed by atoms with E-state index in [0.29, 0.717) is 0 Å². The minimum atomic E-state index is 0.856. The van der Waals surface area contributed by atoms with E-state index < -0.39 is 0 Å². The lowest BCUT2D eigenvalue weighted by atomic mass is 10.2. The van der Waals surface area contributed by atoms with Gasteiger partial charge in [0.1, 0.15) is 5.82 Å². The molecule has 80 valence electrons. The largest absolute Gasteiger partial charge is 0.261 e. The molecule has 0 aliphatic heterocycles. The van der Waals surface area contributed by atoms with E-state index in [1.807, 2.05) is 6.92 Å². The van der Waals surface area contributed by atoms with E-state index in [4.69, 9.17) is 0 Å². The van der Waals surface area contributed by atoms with E-state index in [9.17, 15) is 0 Å². The highest BCUT2D eigenvalue weighted by Gasteiger charge is 2.05. The predicted molar refractivity (Wildman–Crippen MR) is 59.6 cm³/mol. The molecule has 2 aromatic heterocycles. The highest BCUT2D eigenvalue weighted by atomic mass is 15.1. The minimum Gasteiger partial charge on any atom is -0.261 e. The Morgan fingerprint density at radius 1 is 1.27 bits per heavy atom. The first-order valence-corrected chi connectivity index (χ1v) is 5.48. The van der Waals surface area contributed by atoms with Crippen LogP contribution in [0.15, 0.2) is 6.20 Å². The summed E-state index contributed by atoms with van der Waals surface area (Å²) in [5.74, 6) is 0.928. The number of hydrogen-bond acceptors (Lipinski definition) is 3. The van der Waals surface area contributed by atoms with Gasteiger partial charge in [0, 0.05) is 6.42 Å². The van der Waals surface area contributed by atoms with Crippen molar-refractivity contribution in [3.63, 3.8) is 0 Å². The van der Waals surface area contributed by atoms with Crippen LogP contribution >= 0.6 is 0 Å². The van der Waals surface area contributed by atoms with Gasteiger partial charge in [-0.1, -0.05) is 19.8 Å². The molecule has 4 heteroatoms. The number of hydrogen-bond donors (Lipinski definition) is 1. The van der Waals surface area contributed by atoms with Crippen LogP contribution in [0.3, 0.4) is 0 Å². The molecule has 0 unspecified atom stereocenters. The topological polar surface area (TPSA) is 54.5 Å². The Kier molecular flexibility index (Phi) is 2.94. The molecule has 0 atom stereocenters. The second-order valence-corrected chi connectivity index (χ2v) is 3.81. The second-order valence-electron chi connectivity index (χ2n) is 3.81. The molecule has 2 aromatic rings. The molecule has 0 aromatic carbocycles. The molecule has 0 aliphatic carbocycles. The summed E-state index contributed by atoms with van der Waals surface area (Å²) >= 11 is 0. The molecule has 0 spiro atoms. The van der Waals surface area contributed by atoms with Crippen molar-refractivity contribution in [2.24, 2.45) is 0 Å². The normalized spacial score (nSPS) is 11.1. The summed E-state index contributed by atoms with van der Waals surface area (Å²) < 4.78 is 0. The summed E-state index contributed by atoms with van der Waals surface area (Å²) in [6, 6.07) is 0. The van der Waals surface area contributed by atoms with Crippen molar-refractivity contribution in [3.8, 4) is 0 Å². The molecule has 2 rings (SSSR count). The van der Waals surface area contributed by atoms with Crippen molar-refractivity contribution < 1.29 is 0 Å². The Labute approximate surface area is 89.1 Å². The number of fused-ring (bicyclic) bond motifs is 1. The Morgan fingerprint density at radius 3 is 2.93 bits per heavy atom. The number of rotatable bonds is 4. The van der Waals surface area contributed by atoms with E-state index in [1.165, 1.54) is 12.8 Å². The van der Waals surface area contributed by atoms with Crippen LogP contribution in [0.25, 0.3) is 11.0 Å². The fraction of sp³-hybridized carbons (Fsp3) is 0.545. The maximum absolute atomic E-state index is 4.47. The third-order valence-corrected chi connectivity index (χ3v) is 2.55. The van der Waals surface area contributed by atoms with Crippen LogP contribution < -0.4 is 0 Å². The highest BCUT2D eigenvalue weighted by Crippen LogP contribution is 2.12. The van der Waals surface area contributed by atoms with Gasteiger partial charge < -0.3 is 0 Å². The lowest BCUT2D eigenvalue weighted by Crippen LogP contribution is -1.98. The van der Waals surface area contributed by atoms with Gasteiger partial charge in [-0.05, 0) is 13.3 Å². The van der Waals surface area contributed by atoms with Crippen LogP contribution in [0, 0.1) is 6.92 Å². The third-order valence-electron chi connectivity index (χ3n) is 2.55. The van der Waals surface area contributed by atoms with Gasteiger partial charge in [-0.25, -0.2) is 9.97 Å². The van der Waals surface area contributed by atoms with Gasteiger partial charge in [0.2, 0.25) is 0 Å². The van der Waals surface area contributed by atoms with E-state index in [2.05, 4.69) is 27.1 Å². The zero-order valence-corrected chi connectivity index (χ0v) is 9.25. The fourth-order valence-electron chi connectivity index (χ4n) is 1.68. The van der Waals surface area contributed by atoms with Crippen molar-refractivity contribution in [1.82, 2.24) is 20.2 Å². The summed E-state index contributed by atoms with van der Waals surface area (Å²) in [4.78, 5) is 8.91. The van der Waals surface area contributed by atoms with Crippen molar-refractivity contribution >= 4 is 11.0 Å².